The average Bonchev–Trinajstić information content (AvgIpc) is 2.66. The van der Waals surface area contributed by atoms with E-state index in [0.29, 0.717) is 31.4 Å². The highest BCUT2D eigenvalue weighted by molar-refractivity contribution is 7.09. The Morgan fingerprint density at radius 1 is 1.56 bits per heavy atom. The zero-order valence-corrected chi connectivity index (χ0v) is 9.96. The van der Waals surface area contributed by atoms with Gasteiger partial charge in [-0.2, -0.15) is 0 Å². The van der Waals surface area contributed by atoms with Crippen molar-refractivity contribution in [3.8, 4) is 0 Å². The number of carbonyl (C=O) groups is 1. The van der Waals surface area contributed by atoms with Gasteiger partial charge in [-0.3, -0.25) is 4.79 Å². The van der Waals surface area contributed by atoms with E-state index >= 15 is 0 Å². The van der Waals surface area contributed by atoms with Gasteiger partial charge in [-0.05, 0) is 32.6 Å². The molecule has 2 rings (SSSR count). The fraction of sp³-hybridized carbons (Fsp3) is 0.636. The molecular formula is C11H15NO3S. The first-order valence-corrected chi connectivity index (χ1v) is 6.26. The van der Waals surface area contributed by atoms with Gasteiger partial charge in [-0.25, -0.2) is 4.98 Å². The molecule has 5 heteroatoms. The van der Waals surface area contributed by atoms with Crippen molar-refractivity contribution in [2.24, 2.45) is 0 Å². The van der Waals surface area contributed by atoms with Crippen LogP contribution < -0.4 is 0 Å². The number of nitrogens with zero attached hydrogens (tertiary/aromatic N) is 1. The summed E-state index contributed by atoms with van der Waals surface area (Å²) in [4.78, 5) is 15.8. The fourth-order valence-corrected chi connectivity index (χ4v) is 2.97. The van der Waals surface area contributed by atoms with Gasteiger partial charge in [0.25, 0.3) is 0 Å². The fourth-order valence-electron chi connectivity index (χ4n) is 2.26. The third kappa shape index (κ3) is 1.85. The molecular weight excluding hydrogens is 226 g/mol. The Morgan fingerprint density at radius 2 is 2.19 bits per heavy atom. The van der Waals surface area contributed by atoms with Crippen LogP contribution >= 0.6 is 11.3 Å². The lowest BCUT2D eigenvalue weighted by Gasteiger charge is -2.33. The van der Waals surface area contributed by atoms with E-state index in [2.05, 4.69) is 4.98 Å². The maximum Gasteiger partial charge on any atom is 0.315 e. The standard InChI is InChI=1S/C11H15NO3S/c1-7-12-9(6-16-7)11(10(14)15)4-2-8(13)3-5-11/h6,8,13H,2-5H2,1H3,(H,14,15). The minimum absolute atomic E-state index is 0.354. The highest BCUT2D eigenvalue weighted by Gasteiger charge is 2.44. The third-order valence-electron chi connectivity index (χ3n) is 3.33. The van der Waals surface area contributed by atoms with Crippen LogP contribution in [0.3, 0.4) is 0 Å². The molecule has 0 spiro atoms. The number of carboxylic acid groups (broad SMARTS) is 1. The van der Waals surface area contributed by atoms with Gasteiger partial charge < -0.3 is 10.2 Å². The first-order chi connectivity index (χ1) is 7.54. The molecule has 1 fully saturated rings. The summed E-state index contributed by atoms with van der Waals surface area (Å²) in [5, 5.41) is 21.6. The summed E-state index contributed by atoms with van der Waals surface area (Å²) in [6, 6.07) is 0. The molecule has 0 radical (unpaired) electrons. The summed E-state index contributed by atoms with van der Waals surface area (Å²) in [7, 11) is 0. The van der Waals surface area contributed by atoms with Gasteiger partial charge in [-0.15, -0.1) is 11.3 Å². The zero-order chi connectivity index (χ0) is 11.8. The number of aliphatic hydroxyl groups excluding tert-OH is 1. The summed E-state index contributed by atoms with van der Waals surface area (Å²) in [5.41, 5.74) is -0.210. The second-order valence-corrected chi connectivity index (χ2v) is 5.43. The smallest absolute Gasteiger partial charge is 0.315 e. The van der Waals surface area contributed by atoms with Crippen LogP contribution in [0.1, 0.15) is 36.4 Å². The monoisotopic (exact) mass is 241 g/mol. The van der Waals surface area contributed by atoms with Crippen LogP contribution in [0, 0.1) is 6.92 Å². The molecule has 16 heavy (non-hydrogen) atoms. The molecule has 1 heterocycles. The first kappa shape index (κ1) is 11.5. The summed E-state index contributed by atoms with van der Waals surface area (Å²) >= 11 is 1.48. The van der Waals surface area contributed by atoms with Crippen LogP contribution in [0.5, 0.6) is 0 Å². The van der Waals surface area contributed by atoms with Crippen molar-refractivity contribution in [1.29, 1.82) is 0 Å². The van der Waals surface area contributed by atoms with Crippen LogP contribution in [0.2, 0.25) is 0 Å². The van der Waals surface area contributed by atoms with Crippen molar-refractivity contribution in [3.05, 3.63) is 16.1 Å². The Kier molecular flexibility index (Phi) is 2.99. The SMILES string of the molecule is Cc1nc(C2(C(=O)O)CCC(O)CC2)cs1. The molecule has 1 aromatic heterocycles. The maximum atomic E-state index is 11.5. The topological polar surface area (TPSA) is 70.4 Å². The Morgan fingerprint density at radius 3 is 2.62 bits per heavy atom. The summed E-state index contributed by atoms with van der Waals surface area (Å²) < 4.78 is 0. The van der Waals surface area contributed by atoms with E-state index in [4.69, 9.17) is 0 Å². The Bertz CT molecular complexity index is 394. The Hall–Kier alpha value is -0.940. The van der Waals surface area contributed by atoms with E-state index in [1.54, 1.807) is 0 Å². The number of aliphatic carboxylic acids is 1. The highest BCUT2D eigenvalue weighted by Crippen LogP contribution is 2.40. The quantitative estimate of drug-likeness (QED) is 0.827. The number of thiazole rings is 1. The molecule has 1 aromatic rings. The van der Waals surface area contributed by atoms with Gasteiger partial charge in [0.15, 0.2) is 0 Å². The van der Waals surface area contributed by atoms with Crippen molar-refractivity contribution in [1.82, 2.24) is 4.98 Å². The minimum atomic E-state index is -0.871. The van der Waals surface area contributed by atoms with E-state index in [1.807, 2.05) is 12.3 Å². The predicted molar refractivity (Wildman–Crippen MR) is 60.6 cm³/mol. The summed E-state index contributed by atoms with van der Waals surface area (Å²) in [5.74, 6) is -0.815. The van der Waals surface area contributed by atoms with Gasteiger partial charge >= 0.3 is 5.97 Å². The van der Waals surface area contributed by atoms with Gasteiger partial charge in [0.05, 0.1) is 16.8 Å². The summed E-state index contributed by atoms with van der Waals surface area (Å²) in [6.45, 7) is 1.88. The van der Waals surface area contributed by atoms with E-state index < -0.39 is 11.4 Å². The lowest BCUT2D eigenvalue weighted by molar-refractivity contribution is -0.146. The van der Waals surface area contributed by atoms with Crippen molar-refractivity contribution in [2.75, 3.05) is 0 Å². The zero-order valence-electron chi connectivity index (χ0n) is 9.14. The van der Waals surface area contributed by atoms with Crippen LogP contribution in [0.4, 0.5) is 0 Å². The highest BCUT2D eigenvalue weighted by atomic mass is 32.1. The molecule has 1 aliphatic carbocycles. The van der Waals surface area contributed by atoms with E-state index in [9.17, 15) is 15.0 Å². The molecule has 0 atom stereocenters. The molecule has 0 aromatic carbocycles. The molecule has 0 bridgehead atoms. The van der Waals surface area contributed by atoms with Crippen LogP contribution in [-0.4, -0.2) is 27.3 Å². The first-order valence-electron chi connectivity index (χ1n) is 5.39. The van der Waals surface area contributed by atoms with Crippen LogP contribution in [0.15, 0.2) is 5.38 Å². The largest absolute Gasteiger partial charge is 0.481 e. The van der Waals surface area contributed by atoms with Gasteiger partial charge in [0, 0.05) is 5.38 Å². The normalized spacial score (nSPS) is 30.2. The van der Waals surface area contributed by atoms with Crippen LogP contribution in [-0.2, 0) is 10.2 Å². The van der Waals surface area contributed by atoms with Gasteiger partial charge in [0.2, 0.25) is 0 Å². The number of hydrogen-bond donors (Lipinski definition) is 2. The molecule has 1 saturated carbocycles. The second kappa shape index (κ2) is 4.14. The number of aromatic nitrogens is 1. The molecule has 88 valence electrons. The number of aryl methyl sites for hydroxylation is 1. The van der Waals surface area contributed by atoms with Gasteiger partial charge in [0.1, 0.15) is 5.41 Å². The number of hydrogen-bond acceptors (Lipinski definition) is 4. The second-order valence-electron chi connectivity index (χ2n) is 4.37. The van der Waals surface area contributed by atoms with Crippen molar-refractivity contribution in [3.63, 3.8) is 0 Å². The molecule has 0 saturated heterocycles. The lowest BCUT2D eigenvalue weighted by atomic mass is 9.71. The Balaban J connectivity index is 2.33. The van der Waals surface area contributed by atoms with E-state index in [-0.39, 0.29) is 6.10 Å². The van der Waals surface area contributed by atoms with Crippen molar-refractivity contribution >= 4 is 17.3 Å². The third-order valence-corrected chi connectivity index (χ3v) is 4.10. The van der Waals surface area contributed by atoms with E-state index in [1.165, 1.54) is 11.3 Å². The van der Waals surface area contributed by atoms with Crippen LogP contribution in [0.25, 0.3) is 0 Å². The molecule has 4 nitrogen and oxygen atoms in total. The maximum absolute atomic E-state index is 11.5. The lowest BCUT2D eigenvalue weighted by Crippen LogP contribution is -2.41. The van der Waals surface area contributed by atoms with E-state index in [0.717, 1.165) is 5.01 Å². The number of carboxylic acids is 1. The van der Waals surface area contributed by atoms with Gasteiger partial charge in [-0.1, -0.05) is 0 Å². The number of aliphatic hydroxyl groups is 1. The number of rotatable bonds is 2. The van der Waals surface area contributed by atoms with Crippen molar-refractivity contribution < 1.29 is 15.0 Å². The molecule has 2 N–H and O–H groups in total. The molecule has 0 unspecified atom stereocenters. The molecule has 1 aliphatic rings. The molecule has 0 aliphatic heterocycles. The van der Waals surface area contributed by atoms with Crippen molar-refractivity contribution in [2.45, 2.75) is 44.1 Å². The Labute approximate surface area is 98.0 Å². The molecule has 0 amide bonds. The average molecular weight is 241 g/mol. The predicted octanol–water partition coefficient (Wildman–Crippen LogP) is 1.71. The summed E-state index contributed by atoms with van der Waals surface area (Å²) in [6.07, 6.45) is 1.69. The minimum Gasteiger partial charge on any atom is -0.481 e.